The zero-order chi connectivity index (χ0) is 14.8. The Morgan fingerprint density at radius 3 is 3.00 bits per heavy atom. The molecule has 0 spiro atoms. The third kappa shape index (κ3) is 2.85. The minimum absolute atomic E-state index is 0.0664. The first-order valence-corrected chi connectivity index (χ1v) is 7.04. The summed E-state index contributed by atoms with van der Waals surface area (Å²) in [5.41, 5.74) is 7.72. The molecular weight excluding hydrogens is 271 g/mol. The maximum absolute atomic E-state index is 13.4. The predicted octanol–water partition coefficient (Wildman–Crippen LogP) is 2.48. The van der Waals surface area contributed by atoms with Crippen molar-refractivity contribution in [3.63, 3.8) is 0 Å². The second kappa shape index (κ2) is 5.73. The highest BCUT2D eigenvalue weighted by Gasteiger charge is 2.27. The van der Waals surface area contributed by atoms with Crippen LogP contribution in [0.2, 0.25) is 0 Å². The van der Waals surface area contributed by atoms with Crippen molar-refractivity contribution in [3.8, 4) is 5.75 Å². The van der Waals surface area contributed by atoms with Gasteiger partial charge in [-0.1, -0.05) is 0 Å². The molecule has 0 radical (unpaired) electrons. The summed E-state index contributed by atoms with van der Waals surface area (Å²) < 4.78 is 20.6. The highest BCUT2D eigenvalue weighted by molar-refractivity contribution is 5.50. The maximum atomic E-state index is 13.4. The van der Waals surface area contributed by atoms with Crippen LogP contribution in [0.25, 0.3) is 0 Å². The fraction of sp³-hybridized carbons (Fsp3) is 0.400. The van der Waals surface area contributed by atoms with Gasteiger partial charge in [-0.15, -0.1) is 0 Å². The zero-order valence-electron chi connectivity index (χ0n) is 11.9. The minimum Gasteiger partial charge on any atom is -0.494 e. The van der Waals surface area contributed by atoms with E-state index in [0.29, 0.717) is 12.6 Å². The number of aromatic nitrogens is 2. The molecule has 1 fully saturated rings. The first-order chi connectivity index (χ1) is 10.2. The lowest BCUT2D eigenvalue weighted by molar-refractivity contribution is 0.386. The topological polar surface area (TPSA) is 65.1 Å². The molecule has 3 rings (SSSR count). The summed E-state index contributed by atoms with van der Waals surface area (Å²) in [6.07, 6.45) is 6.06. The minimum atomic E-state index is -0.379. The fourth-order valence-corrected chi connectivity index (χ4v) is 2.45. The number of nitrogens with one attached hydrogen (secondary N) is 1. The summed E-state index contributed by atoms with van der Waals surface area (Å²) in [4.78, 5) is 4.22. The van der Waals surface area contributed by atoms with Crippen LogP contribution in [0.3, 0.4) is 0 Å². The van der Waals surface area contributed by atoms with Gasteiger partial charge in [-0.25, -0.2) is 9.37 Å². The number of rotatable bonds is 6. The van der Waals surface area contributed by atoms with Crippen molar-refractivity contribution in [3.05, 3.63) is 42.2 Å². The first kappa shape index (κ1) is 13.9. The van der Waals surface area contributed by atoms with E-state index >= 15 is 0 Å². The molecule has 0 amide bonds. The molecule has 1 atom stereocenters. The van der Waals surface area contributed by atoms with Crippen LogP contribution in [0.15, 0.2) is 30.7 Å². The fourth-order valence-electron chi connectivity index (χ4n) is 2.45. The van der Waals surface area contributed by atoms with Crippen LogP contribution >= 0.6 is 0 Å². The van der Waals surface area contributed by atoms with Crippen LogP contribution in [0.4, 0.5) is 10.1 Å². The van der Waals surface area contributed by atoms with Crippen molar-refractivity contribution in [2.45, 2.75) is 24.9 Å². The molecule has 1 aliphatic carbocycles. The van der Waals surface area contributed by atoms with Crippen LogP contribution in [-0.2, 0) is 0 Å². The molecule has 0 aliphatic heterocycles. The molecule has 112 valence electrons. The van der Waals surface area contributed by atoms with E-state index in [0.717, 1.165) is 11.4 Å². The third-order valence-corrected chi connectivity index (χ3v) is 3.72. The number of nitrogens with two attached hydrogens (primary N) is 1. The molecule has 1 aromatic heterocycles. The number of ether oxygens (including phenoxy) is 1. The Bertz CT molecular complexity index is 624. The van der Waals surface area contributed by atoms with E-state index in [4.69, 9.17) is 10.5 Å². The Labute approximate surface area is 122 Å². The van der Waals surface area contributed by atoms with Crippen molar-refractivity contribution in [2.75, 3.05) is 19.0 Å². The molecule has 21 heavy (non-hydrogen) atoms. The van der Waals surface area contributed by atoms with Gasteiger partial charge < -0.3 is 20.4 Å². The summed E-state index contributed by atoms with van der Waals surface area (Å²) in [6.45, 7) is 0.429. The lowest BCUT2D eigenvalue weighted by Gasteiger charge is -2.20. The summed E-state index contributed by atoms with van der Waals surface area (Å²) in [5, 5.41) is 3.32. The number of benzene rings is 1. The SMILES string of the molecule is COc1cc(NC(CN)c2cncn2C2CC2)ccc1F. The first-order valence-electron chi connectivity index (χ1n) is 7.04. The van der Waals surface area contributed by atoms with Crippen molar-refractivity contribution in [1.82, 2.24) is 9.55 Å². The lowest BCUT2D eigenvalue weighted by atomic mass is 10.2. The third-order valence-electron chi connectivity index (χ3n) is 3.72. The molecule has 3 N–H and O–H groups in total. The molecule has 5 nitrogen and oxygen atoms in total. The smallest absolute Gasteiger partial charge is 0.165 e. The van der Waals surface area contributed by atoms with Gasteiger partial charge in [-0.2, -0.15) is 0 Å². The van der Waals surface area contributed by atoms with Gasteiger partial charge in [0, 0.05) is 24.3 Å². The Morgan fingerprint density at radius 1 is 1.52 bits per heavy atom. The second-order valence-corrected chi connectivity index (χ2v) is 5.24. The average Bonchev–Trinajstić information content (AvgIpc) is 3.24. The maximum Gasteiger partial charge on any atom is 0.165 e. The average molecular weight is 290 g/mol. The second-order valence-electron chi connectivity index (χ2n) is 5.24. The van der Waals surface area contributed by atoms with Crippen LogP contribution in [0.1, 0.15) is 30.6 Å². The van der Waals surface area contributed by atoms with Gasteiger partial charge in [0.1, 0.15) is 0 Å². The normalized spacial score (nSPS) is 15.8. The molecule has 1 aromatic carbocycles. The standard InChI is InChI=1S/C15H19FN4O/c1-21-15-6-10(2-5-12(15)16)19-13(7-17)14-8-18-9-20(14)11-3-4-11/h2,5-6,8-9,11,13,19H,3-4,7,17H2,1H3. The van der Waals surface area contributed by atoms with Gasteiger partial charge in [-0.3, -0.25) is 0 Å². The molecule has 1 aliphatic rings. The van der Waals surface area contributed by atoms with Crippen molar-refractivity contribution in [2.24, 2.45) is 5.73 Å². The van der Waals surface area contributed by atoms with E-state index in [2.05, 4.69) is 14.9 Å². The van der Waals surface area contributed by atoms with Crippen molar-refractivity contribution in [1.29, 1.82) is 0 Å². The van der Waals surface area contributed by atoms with Gasteiger partial charge in [0.05, 0.1) is 31.4 Å². The largest absolute Gasteiger partial charge is 0.494 e. The number of methoxy groups -OCH3 is 1. The van der Waals surface area contributed by atoms with E-state index in [9.17, 15) is 4.39 Å². The predicted molar refractivity (Wildman–Crippen MR) is 78.9 cm³/mol. The lowest BCUT2D eigenvalue weighted by Crippen LogP contribution is -2.23. The molecule has 2 aromatic rings. The molecule has 1 heterocycles. The quantitative estimate of drug-likeness (QED) is 0.858. The molecule has 0 bridgehead atoms. The van der Waals surface area contributed by atoms with Gasteiger partial charge in [0.2, 0.25) is 0 Å². The number of nitrogens with zero attached hydrogens (tertiary/aromatic N) is 2. The number of hydrogen-bond acceptors (Lipinski definition) is 4. The van der Waals surface area contributed by atoms with Gasteiger partial charge in [0.25, 0.3) is 0 Å². The zero-order valence-corrected chi connectivity index (χ0v) is 11.9. The number of hydrogen-bond donors (Lipinski definition) is 2. The molecule has 0 saturated heterocycles. The highest BCUT2D eigenvalue weighted by atomic mass is 19.1. The van der Waals surface area contributed by atoms with Gasteiger partial charge >= 0.3 is 0 Å². The van der Waals surface area contributed by atoms with Gasteiger partial charge in [0.15, 0.2) is 11.6 Å². The molecule has 1 unspecified atom stereocenters. The van der Waals surface area contributed by atoms with Crippen LogP contribution in [0, 0.1) is 5.82 Å². The molecular formula is C15H19FN4O. The Morgan fingerprint density at radius 2 is 2.33 bits per heavy atom. The van der Waals surface area contributed by atoms with E-state index in [-0.39, 0.29) is 17.6 Å². The summed E-state index contributed by atoms with van der Waals surface area (Å²) in [6, 6.07) is 5.17. The van der Waals surface area contributed by atoms with Crippen LogP contribution in [0.5, 0.6) is 5.75 Å². The van der Waals surface area contributed by atoms with Crippen LogP contribution < -0.4 is 15.8 Å². The Balaban J connectivity index is 1.82. The van der Waals surface area contributed by atoms with E-state index in [1.54, 1.807) is 12.1 Å². The molecule has 6 heteroatoms. The van der Waals surface area contributed by atoms with E-state index in [1.165, 1.54) is 26.0 Å². The molecule has 1 saturated carbocycles. The number of anilines is 1. The highest BCUT2D eigenvalue weighted by Crippen LogP contribution is 2.37. The van der Waals surface area contributed by atoms with Crippen molar-refractivity contribution < 1.29 is 9.13 Å². The number of halogens is 1. The Hall–Kier alpha value is -2.08. The van der Waals surface area contributed by atoms with Gasteiger partial charge in [-0.05, 0) is 25.0 Å². The summed E-state index contributed by atoms with van der Waals surface area (Å²) in [7, 11) is 1.45. The monoisotopic (exact) mass is 290 g/mol. The van der Waals surface area contributed by atoms with Crippen LogP contribution in [-0.4, -0.2) is 23.2 Å². The summed E-state index contributed by atoms with van der Waals surface area (Å²) in [5.74, 6) is -0.165. The van der Waals surface area contributed by atoms with E-state index in [1.807, 2.05) is 12.5 Å². The number of imidazole rings is 1. The summed E-state index contributed by atoms with van der Waals surface area (Å²) >= 11 is 0. The van der Waals surface area contributed by atoms with E-state index < -0.39 is 0 Å². The Kier molecular flexibility index (Phi) is 3.79. The van der Waals surface area contributed by atoms with Crippen molar-refractivity contribution >= 4 is 5.69 Å².